The molecule has 270 valence electrons. The molecule has 0 atom stereocenters. The van der Waals surface area contributed by atoms with Crippen molar-refractivity contribution in [2.45, 2.75) is 0 Å². The van der Waals surface area contributed by atoms with Crippen molar-refractivity contribution in [2.24, 2.45) is 0 Å². The zero-order chi connectivity index (χ0) is 38.3. The van der Waals surface area contributed by atoms with Gasteiger partial charge in [0.05, 0.1) is 0 Å². The van der Waals surface area contributed by atoms with E-state index in [0.29, 0.717) is 11.8 Å². The van der Waals surface area contributed by atoms with Crippen molar-refractivity contribution in [3.8, 4) is 34.5 Å². The van der Waals surface area contributed by atoms with E-state index in [9.17, 15) is 20.1 Å². The fourth-order valence-corrected chi connectivity index (χ4v) is 9.51. The summed E-state index contributed by atoms with van der Waals surface area (Å²) in [5, 5.41) is 59.0. The monoisotopic (exact) mass is 734 g/mol. The van der Waals surface area contributed by atoms with Crippen LogP contribution in [-0.4, -0.2) is 42.7 Å². The van der Waals surface area contributed by atoms with E-state index >= 15 is 0 Å². The molecule has 0 saturated heterocycles. The molecule has 0 saturated carbocycles. The summed E-state index contributed by atoms with van der Waals surface area (Å²) in [6, 6.07) is 54.5. The van der Waals surface area contributed by atoms with Crippen molar-refractivity contribution in [1.29, 1.82) is 0 Å². The smallest absolute Gasteiger partial charge is 0.150 e. The lowest BCUT2D eigenvalue weighted by molar-refractivity contribution is 0.112. The zero-order valence-corrected chi connectivity index (χ0v) is 30.0. The van der Waals surface area contributed by atoms with Crippen molar-refractivity contribution in [1.82, 2.24) is 0 Å². The van der Waals surface area contributed by atoms with Crippen LogP contribution >= 0.6 is 6.89 Å². The highest BCUT2D eigenvalue weighted by molar-refractivity contribution is 7.94. The van der Waals surface area contributed by atoms with E-state index in [-0.39, 0.29) is 40.1 Å². The Bertz CT molecular complexity index is 2200. The minimum absolute atomic E-state index is 0.0235. The first-order chi connectivity index (χ1) is 26.1. The molecule has 7 aromatic carbocycles. The maximum absolute atomic E-state index is 10.1. The predicted octanol–water partition coefficient (Wildman–Crippen LogP) is 8.42. The van der Waals surface area contributed by atoms with Gasteiger partial charge in [-0.2, -0.15) is 0 Å². The standard InChI is InChI=1S/C25H21OP.C14H12O3.C7H6O3/c26-22-18-16-21(17-19-22)20-27(23-10-4-1-5-11-23,24-12-6-2-7-13-24)25-14-8-3-9-15-25;15-12-5-3-10(4-6-12)1-2-11-7-13(16)9-14(17)8-11;8-4-5-1-6(9)3-7(10)2-5/h1-20,26H;1-9,15-17H;1-4,9-10H. The van der Waals surface area contributed by atoms with Gasteiger partial charge in [-0.1, -0.05) is 127 Å². The number of benzene rings is 7. The molecule has 0 aliphatic rings. The molecular weight excluding hydrogens is 695 g/mol. The summed E-state index contributed by atoms with van der Waals surface area (Å²) in [5.41, 5.74) is 3.00. The van der Waals surface area contributed by atoms with E-state index in [1.165, 1.54) is 34.1 Å². The number of aromatic hydroxyl groups is 6. The molecular formula is C46H39O7P. The number of carbonyl (C=O) groups is 1. The molecule has 0 aliphatic carbocycles. The molecule has 0 spiro atoms. The molecule has 0 fully saturated rings. The molecule has 0 aromatic heterocycles. The van der Waals surface area contributed by atoms with Crippen molar-refractivity contribution in [3.05, 3.63) is 198 Å². The van der Waals surface area contributed by atoms with Crippen LogP contribution < -0.4 is 15.9 Å². The first kappa shape index (κ1) is 38.3. The van der Waals surface area contributed by atoms with Crippen LogP contribution in [0.3, 0.4) is 0 Å². The summed E-state index contributed by atoms with van der Waals surface area (Å²) in [6.07, 6.45) is 4.15. The fraction of sp³-hybridized carbons (Fsp3) is 0. The normalized spacial score (nSPS) is 10.7. The summed E-state index contributed by atoms with van der Waals surface area (Å²) in [6.45, 7) is -2.00. The highest BCUT2D eigenvalue weighted by Gasteiger charge is 2.24. The van der Waals surface area contributed by atoms with Gasteiger partial charge in [0.1, 0.15) is 40.8 Å². The van der Waals surface area contributed by atoms with Gasteiger partial charge in [-0.25, -0.2) is 0 Å². The van der Waals surface area contributed by atoms with E-state index in [0.717, 1.165) is 17.2 Å². The van der Waals surface area contributed by atoms with Crippen LogP contribution in [0.2, 0.25) is 0 Å². The molecule has 0 heterocycles. The highest BCUT2D eigenvalue weighted by Crippen LogP contribution is 2.44. The highest BCUT2D eigenvalue weighted by atomic mass is 31.2. The molecule has 8 heteroatoms. The van der Waals surface area contributed by atoms with Crippen LogP contribution in [0, 0.1) is 0 Å². The predicted molar refractivity (Wildman–Crippen MR) is 220 cm³/mol. The molecule has 0 bridgehead atoms. The first-order valence-corrected chi connectivity index (χ1v) is 18.7. The summed E-state index contributed by atoms with van der Waals surface area (Å²) >= 11 is 0. The van der Waals surface area contributed by atoms with Crippen molar-refractivity contribution in [2.75, 3.05) is 0 Å². The molecule has 6 N–H and O–H groups in total. The van der Waals surface area contributed by atoms with Gasteiger partial charge in [0.2, 0.25) is 0 Å². The van der Waals surface area contributed by atoms with Gasteiger partial charge in [-0.05, 0) is 93.8 Å². The third kappa shape index (κ3) is 10.5. The van der Waals surface area contributed by atoms with Gasteiger partial charge < -0.3 is 30.6 Å². The number of phenolic OH excluding ortho intramolecular Hbond substituents is 6. The molecule has 0 amide bonds. The molecule has 7 nitrogen and oxygen atoms in total. The number of phenols is 6. The second-order valence-electron chi connectivity index (χ2n) is 12.1. The maximum Gasteiger partial charge on any atom is 0.150 e. The third-order valence-corrected chi connectivity index (χ3v) is 12.1. The van der Waals surface area contributed by atoms with Gasteiger partial charge in [0.15, 0.2) is 0 Å². The van der Waals surface area contributed by atoms with E-state index in [1.54, 1.807) is 54.6 Å². The Hall–Kier alpha value is -6.95. The Balaban J connectivity index is 0.000000176. The van der Waals surface area contributed by atoms with Crippen LogP contribution in [0.4, 0.5) is 0 Å². The Morgan fingerprint density at radius 2 is 0.667 bits per heavy atom. The lowest BCUT2D eigenvalue weighted by Gasteiger charge is -2.29. The largest absolute Gasteiger partial charge is 0.508 e. The van der Waals surface area contributed by atoms with Gasteiger partial charge in [0, 0.05) is 17.7 Å². The average molecular weight is 735 g/mol. The van der Waals surface area contributed by atoms with Gasteiger partial charge >= 0.3 is 0 Å². The van der Waals surface area contributed by atoms with E-state index in [4.69, 9.17) is 15.3 Å². The maximum atomic E-state index is 10.1. The number of hydrogen-bond acceptors (Lipinski definition) is 7. The van der Waals surface area contributed by atoms with E-state index in [1.807, 2.05) is 18.2 Å². The zero-order valence-electron chi connectivity index (χ0n) is 29.1. The number of hydrogen-bond donors (Lipinski definition) is 6. The van der Waals surface area contributed by atoms with E-state index in [2.05, 4.69) is 96.8 Å². The Labute approximate surface area is 314 Å². The van der Waals surface area contributed by atoms with Crippen LogP contribution in [0.5, 0.6) is 34.5 Å². The molecule has 0 unspecified atom stereocenters. The van der Waals surface area contributed by atoms with E-state index < -0.39 is 6.89 Å². The second-order valence-corrected chi connectivity index (χ2v) is 15.3. The molecule has 0 radical (unpaired) electrons. The van der Waals surface area contributed by atoms with Crippen molar-refractivity contribution < 1.29 is 35.4 Å². The van der Waals surface area contributed by atoms with Crippen LogP contribution in [0.15, 0.2) is 176 Å². The molecule has 54 heavy (non-hydrogen) atoms. The minimum Gasteiger partial charge on any atom is -0.508 e. The van der Waals surface area contributed by atoms with Crippen LogP contribution in [-0.2, 0) is 0 Å². The Morgan fingerprint density at radius 3 is 1.04 bits per heavy atom. The number of carbonyl (C=O) groups excluding carboxylic acids is 1. The molecule has 0 aliphatic heterocycles. The lowest BCUT2D eigenvalue weighted by Crippen LogP contribution is -2.27. The second kappa shape index (κ2) is 18.5. The van der Waals surface area contributed by atoms with Crippen LogP contribution in [0.25, 0.3) is 12.2 Å². The van der Waals surface area contributed by atoms with Gasteiger partial charge in [-0.3, -0.25) is 4.79 Å². The van der Waals surface area contributed by atoms with Gasteiger partial charge in [0.25, 0.3) is 0 Å². The third-order valence-electron chi connectivity index (χ3n) is 8.07. The summed E-state index contributed by atoms with van der Waals surface area (Å²) in [4.78, 5) is 10.1. The van der Waals surface area contributed by atoms with Crippen molar-refractivity contribution in [3.63, 3.8) is 0 Å². The lowest BCUT2D eigenvalue weighted by atomic mass is 10.1. The first-order valence-electron chi connectivity index (χ1n) is 16.8. The quantitative estimate of drug-likeness (QED) is 0.0549. The van der Waals surface area contributed by atoms with Crippen molar-refractivity contribution >= 4 is 47.0 Å². The average Bonchev–Trinajstić information content (AvgIpc) is 3.18. The number of aldehydes is 1. The Morgan fingerprint density at radius 1 is 0.333 bits per heavy atom. The summed E-state index contributed by atoms with van der Waals surface area (Å²) in [5.74, 6) is 2.73. The SMILES string of the molecule is O=Cc1cc(O)cc(O)c1.Oc1ccc(C=Cc2cc(O)cc(O)c2)cc1.Oc1ccc(C=P(c2ccccc2)(c2ccccc2)c2ccccc2)cc1. The Kier molecular flexibility index (Phi) is 13.1. The summed E-state index contributed by atoms with van der Waals surface area (Å²) in [7, 11) is 0. The topological polar surface area (TPSA) is 138 Å². The fourth-order valence-electron chi connectivity index (χ4n) is 5.62. The van der Waals surface area contributed by atoms with Crippen LogP contribution in [0.1, 0.15) is 27.0 Å². The molecule has 7 aromatic rings. The number of rotatable bonds is 7. The molecule has 7 rings (SSSR count). The van der Waals surface area contributed by atoms with Gasteiger partial charge in [-0.15, -0.1) is 0 Å². The minimum atomic E-state index is -2.00. The summed E-state index contributed by atoms with van der Waals surface area (Å²) < 4.78 is 0.